The summed E-state index contributed by atoms with van der Waals surface area (Å²) in [6, 6.07) is 8.92. The Hall–Kier alpha value is -2.24. The van der Waals surface area contributed by atoms with Gasteiger partial charge in [-0.25, -0.2) is 4.99 Å². The zero-order valence-corrected chi connectivity index (χ0v) is 17.5. The van der Waals surface area contributed by atoms with E-state index in [0.29, 0.717) is 27.0 Å². The molecule has 0 bridgehead atoms. The molecule has 0 aliphatic heterocycles. The molecule has 0 saturated carbocycles. The van der Waals surface area contributed by atoms with E-state index >= 15 is 0 Å². The molecule has 2 aromatic carbocycles. The number of anilines is 1. The van der Waals surface area contributed by atoms with Crippen molar-refractivity contribution in [1.29, 1.82) is 0 Å². The third kappa shape index (κ3) is 5.62. The molecule has 0 aliphatic rings. The monoisotopic (exact) mass is 406 g/mol. The summed E-state index contributed by atoms with van der Waals surface area (Å²) in [6.07, 6.45) is 3.22. The summed E-state index contributed by atoms with van der Waals surface area (Å²) >= 11 is 12.5. The van der Waals surface area contributed by atoms with Crippen molar-refractivity contribution >= 4 is 52.8 Å². The minimum absolute atomic E-state index is 0.174. The Morgan fingerprint density at radius 1 is 1.00 bits per heavy atom. The minimum Gasteiger partial charge on any atom is -0.507 e. The lowest BCUT2D eigenvalue weighted by atomic mass is 10.2. The average molecular weight is 407 g/mol. The van der Waals surface area contributed by atoms with Crippen LogP contribution in [0, 0.1) is 0 Å². The fraction of sp³-hybridized carbons (Fsp3) is 0.300. The molecule has 0 radical (unpaired) electrons. The standard InChI is InChI=1S/C20H24Cl2N4O/c1-5-26(6-2)16-8-7-14(19(27)11-16)12-23-15-9-17(21)20(18(22)10-15)24-13-25(3)4/h7-13,27H,5-6H2,1-4H3. The molecule has 0 fully saturated rings. The molecule has 0 saturated heterocycles. The Bertz CT molecular complexity index is 823. The van der Waals surface area contributed by atoms with Gasteiger partial charge in [0.1, 0.15) is 11.4 Å². The normalized spacial score (nSPS) is 11.5. The first kappa shape index (κ1) is 21.1. The molecular weight excluding hydrogens is 383 g/mol. The van der Waals surface area contributed by atoms with Gasteiger partial charge in [-0.2, -0.15) is 0 Å². The van der Waals surface area contributed by atoms with Crippen LogP contribution in [0.25, 0.3) is 0 Å². The van der Waals surface area contributed by atoms with Crippen LogP contribution >= 0.6 is 23.2 Å². The molecule has 0 unspecified atom stereocenters. The molecule has 0 heterocycles. The van der Waals surface area contributed by atoms with Gasteiger partial charge in [0.2, 0.25) is 0 Å². The van der Waals surface area contributed by atoms with Crippen LogP contribution < -0.4 is 4.90 Å². The number of halogens is 2. The Morgan fingerprint density at radius 3 is 2.15 bits per heavy atom. The zero-order valence-electron chi connectivity index (χ0n) is 15.9. The van der Waals surface area contributed by atoms with E-state index in [0.717, 1.165) is 18.8 Å². The zero-order chi connectivity index (χ0) is 20.0. The van der Waals surface area contributed by atoms with E-state index in [9.17, 15) is 5.11 Å². The Kier molecular flexibility index (Phi) is 7.51. The van der Waals surface area contributed by atoms with E-state index in [1.807, 2.05) is 26.2 Å². The molecule has 0 aromatic heterocycles. The van der Waals surface area contributed by atoms with Crippen molar-refractivity contribution in [3.05, 3.63) is 45.9 Å². The number of phenolic OH excluding ortho intramolecular Hbond substituents is 1. The van der Waals surface area contributed by atoms with Gasteiger partial charge in [-0.05, 0) is 38.1 Å². The molecule has 0 aliphatic carbocycles. The van der Waals surface area contributed by atoms with Crippen LogP contribution in [0.4, 0.5) is 17.1 Å². The second-order valence-corrected chi connectivity index (χ2v) is 6.95. The van der Waals surface area contributed by atoms with E-state index in [-0.39, 0.29) is 5.75 Å². The maximum absolute atomic E-state index is 10.3. The van der Waals surface area contributed by atoms with Gasteiger partial charge in [0.05, 0.1) is 22.1 Å². The Balaban J connectivity index is 2.25. The number of phenols is 1. The predicted molar refractivity (Wildman–Crippen MR) is 117 cm³/mol. The van der Waals surface area contributed by atoms with Crippen molar-refractivity contribution < 1.29 is 5.11 Å². The summed E-state index contributed by atoms with van der Waals surface area (Å²) in [7, 11) is 3.73. The van der Waals surface area contributed by atoms with Gasteiger partial charge < -0.3 is 14.9 Å². The third-order valence-corrected chi connectivity index (χ3v) is 4.49. The number of aliphatic imine (C=N–C) groups is 2. The fourth-order valence-corrected chi connectivity index (χ4v) is 3.07. The number of rotatable bonds is 7. The van der Waals surface area contributed by atoms with Crippen LogP contribution in [0.15, 0.2) is 40.3 Å². The molecule has 144 valence electrons. The van der Waals surface area contributed by atoms with E-state index in [1.54, 1.807) is 35.7 Å². The highest BCUT2D eigenvalue weighted by molar-refractivity contribution is 6.39. The van der Waals surface area contributed by atoms with Gasteiger partial charge in [0, 0.05) is 50.7 Å². The minimum atomic E-state index is 0.174. The van der Waals surface area contributed by atoms with Gasteiger partial charge in [0.25, 0.3) is 0 Å². The lowest BCUT2D eigenvalue weighted by Crippen LogP contribution is -2.21. The summed E-state index contributed by atoms with van der Waals surface area (Å²) in [6.45, 7) is 5.91. The molecular formula is C20H24Cl2N4O. The molecule has 2 rings (SSSR count). The third-order valence-electron chi connectivity index (χ3n) is 3.91. The summed E-state index contributed by atoms with van der Waals surface area (Å²) in [5.41, 5.74) is 2.68. The summed E-state index contributed by atoms with van der Waals surface area (Å²) < 4.78 is 0. The van der Waals surface area contributed by atoms with Crippen molar-refractivity contribution in [3.63, 3.8) is 0 Å². The second-order valence-electron chi connectivity index (χ2n) is 6.14. The number of hydrogen-bond donors (Lipinski definition) is 1. The highest BCUT2D eigenvalue weighted by Gasteiger charge is 2.08. The first-order valence-electron chi connectivity index (χ1n) is 8.67. The summed E-state index contributed by atoms with van der Waals surface area (Å²) in [5.74, 6) is 0.174. The molecule has 5 nitrogen and oxygen atoms in total. The van der Waals surface area contributed by atoms with E-state index < -0.39 is 0 Å². The van der Waals surface area contributed by atoms with Gasteiger partial charge in [-0.1, -0.05) is 23.2 Å². The number of aromatic hydroxyl groups is 1. The first-order chi connectivity index (χ1) is 12.8. The van der Waals surface area contributed by atoms with Gasteiger partial charge in [-0.3, -0.25) is 4.99 Å². The molecule has 1 N–H and O–H groups in total. The molecule has 0 amide bonds. The molecule has 0 spiro atoms. The van der Waals surface area contributed by atoms with Crippen LogP contribution in [0.2, 0.25) is 10.0 Å². The van der Waals surface area contributed by atoms with Crippen molar-refractivity contribution in [1.82, 2.24) is 4.90 Å². The van der Waals surface area contributed by atoms with Crippen LogP contribution in [0.5, 0.6) is 5.75 Å². The number of benzene rings is 2. The van der Waals surface area contributed by atoms with Gasteiger partial charge in [-0.15, -0.1) is 0 Å². The van der Waals surface area contributed by atoms with Crippen LogP contribution in [-0.4, -0.2) is 49.7 Å². The molecule has 7 heteroatoms. The van der Waals surface area contributed by atoms with Crippen LogP contribution in [0.3, 0.4) is 0 Å². The molecule has 27 heavy (non-hydrogen) atoms. The van der Waals surface area contributed by atoms with E-state index in [1.165, 1.54) is 0 Å². The van der Waals surface area contributed by atoms with E-state index in [2.05, 4.69) is 28.7 Å². The van der Waals surface area contributed by atoms with E-state index in [4.69, 9.17) is 23.2 Å². The van der Waals surface area contributed by atoms with Gasteiger partial charge >= 0.3 is 0 Å². The van der Waals surface area contributed by atoms with Crippen LogP contribution in [-0.2, 0) is 0 Å². The largest absolute Gasteiger partial charge is 0.507 e. The molecule has 2 aromatic rings. The smallest absolute Gasteiger partial charge is 0.126 e. The fourth-order valence-electron chi connectivity index (χ4n) is 2.49. The average Bonchev–Trinajstić information content (AvgIpc) is 2.61. The van der Waals surface area contributed by atoms with Crippen molar-refractivity contribution in [2.45, 2.75) is 13.8 Å². The van der Waals surface area contributed by atoms with Crippen molar-refractivity contribution in [3.8, 4) is 5.75 Å². The van der Waals surface area contributed by atoms with Crippen molar-refractivity contribution in [2.75, 3.05) is 32.1 Å². The first-order valence-corrected chi connectivity index (χ1v) is 9.43. The maximum atomic E-state index is 10.3. The highest BCUT2D eigenvalue weighted by Crippen LogP contribution is 2.37. The summed E-state index contributed by atoms with van der Waals surface area (Å²) in [4.78, 5) is 12.6. The maximum Gasteiger partial charge on any atom is 0.126 e. The predicted octanol–water partition coefficient (Wildman–Crippen LogP) is 5.52. The number of hydrogen-bond acceptors (Lipinski definition) is 4. The highest BCUT2D eigenvalue weighted by atomic mass is 35.5. The quantitative estimate of drug-likeness (QED) is 0.486. The summed E-state index contributed by atoms with van der Waals surface area (Å²) in [5, 5.41) is 11.1. The Morgan fingerprint density at radius 2 is 1.63 bits per heavy atom. The second kappa shape index (κ2) is 9.62. The number of nitrogens with zero attached hydrogens (tertiary/aromatic N) is 4. The lowest BCUT2D eigenvalue weighted by Gasteiger charge is -2.21. The Labute approximate surface area is 170 Å². The van der Waals surface area contributed by atoms with Gasteiger partial charge in [0.15, 0.2) is 0 Å². The molecule has 0 atom stereocenters. The topological polar surface area (TPSA) is 51.4 Å². The van der Waals surface area contributed by atoms with Crippen LogP contribution in [0.1, 0.15) is 19.4 Å². The van der Waals surface area contributed by atoms with Crippen molar-refractivity contribution in [2.24, 2.45) is 9.98 Å². The SMILES string of the molecule is CCN(CC)c1ccc(C=Nc2cc(Cl)c(N=CN(C)C)c(Cl)c2)c(O)c1. The lowest BCUT2D eigenvalue weighted by molar-refractivity contribution is 0.474.